The molecule has 0 bridgehead atoms. The van der Waals surface area contributed by atoms with Crippen LogP contribution < -0.4 is 0 Å². The first-order valence-corrected chi connectivity index (χ1v) is 8.18. The molecule has 1 N–H and O–H groups in total. The van der Waals surface area contributed by atoms with E-state index < -0.39 is 21.7 Å². The molecule has 0 aromatic heterocycles. The van der Waals surface area contributed by atoms with Gasteiger partial charge in [-0.05, 0) is 30.9 Å². The van der Waals surface area contributed by atoms with E-state index in [4.69, 9.17) is 0 Å². The molecule has 0 saturated heterocycles. The fourth-order valence-corrected chi connectivity index (χ4v) is 2.94. The Labute approximate surface area is 114 Å². The number of carbonyl (C=O) groups is 1. The summed E-state index contributed by atoms with van der Waals surface area (Å²) in [4.78, 5) is 11.3. The minimum Gasteiger partial charge on any atom is -0.481 e. The van der Waals surface area contributed by atoms with E-state index in [2.05, 4.69) is 0 Å². The Balaban J connectivity index is 2.76. The van der Waals surface area contributed by atoms with Crippen LogP contribution in [0.4, 0.5) is 0 Å². The second-order valence-corrected chi connectivity index (χ2v) is 7.10. The van der Waals surface area contributed by atoms with Gasteiger partial charge in [-0.1, -0.05) is 31.2 Å². The standard InChI is InChI=1S/C14H20O4S/c1-3-19(17,18)10-6-9-13(14(15)16)12-8-5-4-7-11(12)2/h4-5,7-8,13H,3,6,9-10H2,1-2H3,(H,15,16). The topological polar surface area (TPSA) is 71.4 Å². The van der Waals surface area contributed by atoms with E-state index in [9.17, 15) is 18.3 Å². The number of hydrogen-bond acceptors (Lipinski definition) is 3. The molecule has 1 aromatic rings. The van der Waals surface area contributed by atoms with Gasteiger partial charge in [0.25, 0.3) is 0 Å². The van der Waals surface area contributed by atoms with Crippen molar-refractivity contribution >= 4 is 15.8 Å². The Bertz CT molecular complexity index is 534. The minimum atomic E-state index is -3.03. The van der Waals surface area contributed by atoms with E-state index in [-0.39, 0.29) is 11.5 Å². The highest BCUT2D eigenvalue weighted by Crippen LogP contribution is 2.25. The lowest BCUT2D eigenvalue weighted by Gasteiger charge is -2.15. The average molecular weight is 284 g/mol. The number of sulfone groups is 1. The number of rotatable bonds is 7. The largest absolute Gasteiger partial charge is 0.481 e. The molecule has 0 aliphatic heterocycles. The summed E-state index contributed by atoms with van der Waals surface area (Å²) in [5.41, 5.74) is 1.69. The molecule has 106 valence electrons. The summed E-state index contributed by atoms with van der Waals surface area (Å²) in [5.74, 6) is -1.37. The van der Waals surface area contributed by atoms with Crippen molar-refractivity contribution < 1.29 is 18.3 Å². The highest BCUT2D eigenvalue weighted by atomic mass is 32.2. The van der Waals surface area contributed by atoms with Gasteiger partial charge in [0, 0.05) is 5.75 Å². The smallest absolute Gasteiger partial charge is 0.310 e. The molecule has 0 heterocycles. The van der Waals surface area contributed by atoms with Crippen LogP contribution in [0, 0.1) is 6.92 Å². The van der Waals surface area contributed by atoms with Crippen LogP contribution in [0.25, 0.3) is 0 Å². The van der Waals surface area contributed by atoms with Gasteiger partial charge in [0.15, 0.2) is 0 Å². The maximum atomic E-state index is 11.4. The van der Waals surface area contributed by atoms with Gasteiger partial charge in [-0.25, -0.2) is 8.42 Å². The van der Waals surface area contributed by atoms with E-state index in [1.165, 1.54) is 0 Å². The third-order valence-corrected chi connectivity index (χ3v) is 5.04. The van der Waals surface area contributed by atoms with Gasteiger partial charge in [-0.3, -0.25) is 4.79 Å². The first-order valence-electron chi connectivity index (χ1n) is 6.36. The second kappa shape index (κ2) is 6.70. The van der Waals surface area contributed by atoms with Crippen LogP contribution >= 0.6 is 0 Å². The summed E-state index contributed by atoms with van der Waals surface area (Å²) in [6.07, 6.45) is 0.723. The Hall–Kier alpha value is -1.36. The van der Waals surface area contributed by atoms with E-state index in [0.29, 0.717) is 12.8 Å². The van der Waals surface area contributed by atoms with Gasteiger partial charge >= 0.3 is 5.97 Å². The minimum absolute atomic E-state index is 0.0547. The maximum Gasteiger partial charge on any atom is 0.310 e. The number of aryl methyl sites for hydroxylation is 1. The van der Waals surface area contributed by atoms with Crippen LogP contribution in [0.5, 0.6) is 0 Å². The van der Waals surface area contributed by atoms with E-state index >= 15 is 0 Å². The number of carboxylic acid groups (broad SMARTS) is 1. The Morgan fingerprint density at radius 2 is 1.95 bits per heavy atom. The quantitative estimate of drug-likeness (QED) is 0.834. The molecule has 0 aliphatic carbocycles. The van der Waals surface area contributed by atoms with Crippen LogP contribution in [0.15, 0.2) is 24.3 Å². The number of carboxylic acids is 1. The zero-order valence-corrected chi connectivity index (χ0v) is 12.1. The molecule has 1 unspecified atom stereocenters. The lowest BCUT2D eigenvalue weighted by atomic mass is 9.91. The normalized spacial score (nSPS) is 13.2. The van der Waals surface area contributed by atoms with Crippen LogP contribution in [-0.4, -0.2) is 31.0 Å². The van der Waals surface area contributed by atoms with Crippen molar-refractivity contribution in [1.82, 2.24) is 0 Å². The summed E-state index contributed by atoms with van der Waals surface area (Å²) >= 11 is 0. The van der Waals surface area contributed by atoms with Crippen molar-refractivity contribution in [3.8, 4) is 0 Å². The van der Waals surface area contributed by atoms with Crippen molar-refractivity contribution in [2.24, 2.45) is 0 Å². The van der Waals surface area contributed by atoms with Gasteiger partial charge in [-0.2, -0.15) is 0 Å². The molecule has 1 atom stereocenters. The number of benzene rings is 1. The van der Waals surface area contributed by atoms with E-state index in [1.807, 2.05) is 19.1 Å². The third-order valence-electron chi connectivity index (χ3n) is 3.25. The molecule has 4 nitrogen and oxygen atoms in total. The monoisotopic (exact) mass is 284 g/mol. The van der Waals surface area contributed by atoms with Gasteiger partial charge in [-0.15, -0.1) is 0 Å². The predicted octanol–water partition coefficient (Wildman–Crippen LogP) is 2.38. The summed E-state index contributed by atoms with van der Waals surface area (Å²) < 4.78 is 22.8. The average Bonchev–Trinajstić information content (AvgIpc) is 2.35. The zero-order chi connectivity index (χ0) is 14.5. The van der Waals surface area contributed by atoms with Gasteiger partial charge in [0.2, 0.25) is 0 Å². The Morgan fingerprint density at radius 1 is 1.32 bits per heavy atom. The summed E-state index contributed by atoms with van der Waals surface area (Å²) in [6, 6.07) is 7.33. The fraction of sp³-hybridized carbons (Fsp3) is 0.500. The van der Waals surface area contributed by atoms with Crippen molar-refractivity contribution in [2.45, 2.75) is 32.6 Å². The summed E-state index contributed by atoms with van der Waals surface area (Å²) in [5, 5.41) is 9.29. The number of hydrogen-bond donors (Lipinski definition) is 1. The molecule has 5 heteroatoms. The molecule has 0 radical (unpaired) electrons. The Kier molecular flexibility index (Phi) is 5.54. The van der Waals surface area contributed by atoms with E-state index in [0.717, 1.165) is 11.1 Å². The van der Waals surface area contributed by atoms with E-state index in [1.54, 1.807) is 19.1 Å². The SMILES string of the molecule is CCS(=O)(=O)CCCC(C(=O)O)c1ccccc1C. The van der Waals surface area contributed by atoms with Crippen LogP contribution in [0.2, 0.25) is 0 Å². The predicted molar refractivity (Wildman–Crippen MR) is 75.1 cm³/mol. The van der Waals surface area contributed by atoms with Gasteiger partial charge in [0.05, 0.1) is 11.7 Å². The molecular formula is C14H20O4S. The maximum absolute atomic E-state index is 11.4. The highest BCUT2D eigenvalue weighted by Gasteiger charge is 2.21. The van der Waals surface area contributed by atoms with Crippen molar-refractivity contribution in [3.63, 3.8) is 0 Å². The summed E-state index contributed by atoms with van der Waals surface area (Å²) in [6.45, 7) is 3.47. The molecule has 1 aromatic carbocycles. The molecule has 1 rings (SSSR count). The van der Waals surface area contributed by atoms with Crippen LogP contribution in [0.1, 0.15) is 36.8 Å². The van der Waals surface area contributed by atoms with Crippen molar-refractivity contribution in [1.29, 1.82) is 0 Å². The van der Waals surface area contributed by atoms with Crippen LogP contribution in [0.3, 0.4) is 0 Å². The molecule has 0 saturated carbocycles. The molecule has 0 amide bonds. The number of aliphatic carboxylic acids is 1. The highest BCUT2D eigenvalue weighted by molar-refractivity contribution is 7.91. The third kappa shape index (κ3) is 4.67. The lowest BCUT2D eigenvalue weighted by molar-refractivity contribution is -0.139. The lowest BCUT2D eigenvalue weighted by Crippen LogP contribution is -2.15. The molecule has 0 aliphatic rings. The first-order chi connectivity index (χ1) is 8.87. The van der Waals surface area contributed by atoms with Crippen molar-refractivity contribution in [2.75, 3.05) is 11.5 Å². The molecule has 0 fully saturated rings. The first kappa shape index (κ1) is 15.7. The summed E-state index contributed by atoms with van der Waals surface area (Å²) in [7, 11) is -3.03. The molecular weight excluding hydrogens is 264 g/mol. The molecule has 0 spiro atoms. The second-order valence-electron chi connectivity index (χ2n) is 4.63. The zero-order valence-electron chi connectivity index (χ0n) is 11.3. The van der Waals surface area contributed by atoms with Crippen LogP contribution in [-0.2, 0) is 14.6 Å². The van der Waals surface area contributed by atoms with Gasteiger partial charge < -0.3 is 5.11 Å². The molecule has 19 heavy (non-hydrogen) atoms. The Morgan fingerprint density at radius 3 is 2.47 bits per heavy atom. The van der Waals surface area contributed by atoms with Crippen molar-refractivity contribution in [3.05, 3.63) is 35.4 Å². The van der Waals surface area contributed by atoms with Gasteiger partial charge in [0.1, 0.15) is 9.84 Å². The fourth-order valence-electron chi connectivity index (χ4n) is 2.04.